The van der Waals surface area contributed by atoms with E-state index in [-0.39, 0.29) is 4.90 Å². The summed E-state index contributed by atoms with van der Waals surface area (Å²) in [7, 11) is -3.25. The number of nitrogens with one attached hydrogen (secondary N) is 1. The molecule has 3 N–H and O–H groups in total. The van der Waals surface area contributed by atoms with Crippen LogP contribution >= 0.6 is 0 Å². The maximum absolute atomic E-state index is 11.5. The second-order valence-corrected chi connectivity index (χ2v) is 6.39. The molecule has 0 saturated carbocycles. The summed E-state index contributed by atoms with van der Waals surface area (Å²) in [5, 5.41) is 3.04. The number of hydrogen-bond donors (Lipinski definition) is 2. The summed E-state index contributed by atoms with van der Waals surface area (Å²) < 4.78 is 23.0. The molecule has 6 heteroatoms. The third-order valence-electron chi connectivity index (χ3n) is 2.70. The molecule has 0 atom stereocenters. The third kappa shape index (κ3) is 3.36. The van der Waals surface area contributed by atoms with Gasteiger partial charge in [-0.1, -0.05) is 12.1 Å². The Morgan fingerprint density at radius 3 is 2.25 bits per heavy atom. The molecule has 1 amide bonds. The average molecular weight is 290 g/mol. The number of benzene rings is 2. The zero-order chi connectivity index (χ0) is 14.8. The number of amides is 1. The summed E-state index contributed by atoms with van der Waals surface area (Å²) in [4.78, 5) is 11.3. The molecule has 0 bridgehead atoms. The molecule has 0 aromatic heterocycles. The van der Waals surface area contributed by atoms with Crippen LogP contribution < -0.4 is 11.1 Å². The molecule has 2 aromatic carbocycles. The fraction of sp³-hybridized carbons (Fsp3) is 0.0714. The molecule has 0 heterocycles. The van der Waals surface area contributed by atoms with Gasteiger partial charge in [0.1, 0.15) is 0 Å². The normalized spacial score (nSPS) is 11.1. The van der Waals surface area contributed by atoms with Crippen molar-refractivity contribution in [2.75, 3.05) is 11.6 Å². The summed E-state index contributed by atoms with van der Waals surface area (Å²) in [6.45, 7) is 0. The number of primary amides is 1. The van der Waals surface area contributed by atoms with E-state index >= 15 is 0 Å². The molecule has 0 spiro atoms. The highest BCUT2D eigenvalue weighted by Crippen LogP contribution is 2.20. The lowest BCUT2D eigenvalue weighted by atomic mass is 10.2. The van der Waals surface area contributed by atoms with Crippen molar-refractivity contribution in [1.29, 1.82) is 0 Å². The van der Waals surface area contributed by atoms with Gasteiger partial charge >= 0.3 is 0 Å². The van der Waals surface area contributed by atoms with Gasteiger partial charge in [0, 0.05) is 23.2 Å². The average Bonchev–Trinajstić information content (AvgIpc) is 2.38. The highest BCUT2D eigenvalue weighted by molar-refractivity contribution is 7.90. The van der Waals surface area contributed by atoms with Crippen LogP contribution in [0.2, 0.25) is 0 Å². The molecular formula is C14H14N2O3S. The first-order valence-electron chi connectivity index (χ1n) is 5.83. The van der Waals surface area contributed by atoms with Crippen molar-refractivity contribution in [2.24, 2.45) is 5.73 Å². The van der Waals surface area contributed by atoms with Crippen molar-refractivity contribution in [3.05, 3.63) is 54.1 Å². The number of anilines is 2. The summed E-state index contributed by atoms with van der Waals surface area (Å²) in [5.74, 6) is -0.515. The molecule has 104 valence electrons. The Morgan fingerprint density at radius 1 is 1.05 bits per heavy atom. The molecule has 2 rings (SSSR count). The van der Waals surface area contributed by atoms with Crippen molar-refractivity contribution in [2.45, 2.75) is 4.90 Å². The summed E-state index contributed by atoms with van der Waals surface area (Å²) in [6.07, 6.45) is 1.15. The lowest BCUT2D eigenvalue weighted by molar-refractivity contribution is 0.100. The predicted molar refractivity (Wildman–Crippen MR) is 77.8 cm³/mol. The van der Waals surface area contributed by atoms with Gasteiger partial charge in [-0.2, -0.15) is 0 Å². The molecule has 0 saturated heterocycles. The first-order valence-corrected chi connectivity index (χ1v) is 7.72. The van der Waals surface area contributed by atoms with E-state index in [0.29, 0.717) is 16.9 Å². The first-order chi connectivity index (χ1) is 9.36. The molecule has 0 aliphatic rings. The molecular weight excluding hydrogens is 276 g/mol. The van der Waals surface area contributed by atoms with E-state index in [0.717, 1.165) is 6.26 Å². The molecule has 0 radical (unpaired) electrons. The lowest BCUT2D eigenvalue weighted by Crippen LogP contribution is -2.10. The van der Waals surface area contributed by atoms with Crippen molar-refractivity contribution < 1.29 is 13.2 Å². The van der Waals surface area contributed by atoms with Gasteiger partial charge in [-0.3, -0.25) is 4.79 Å². The molecule has 20 heavy (non-hydrogen) atoms. The van der Waals surface area contributed by atoms with Crippen molar-refractivity contribution >= 4 is 27.1 Å². The van der Waals surface area contributed by atoms with Gasteiger partial charge in [0.2, 0.25) is 5.91 Å². The van der Waals surface area contributed by atoms with Gasteiger partial charge < -0.3 is 11.1 Å². The van der Waals surface area contributed by atoms with Crippen molar-refractivity contribution in [3.8, 4) is 0 Å². The largest absolute Gasteiger partial charge is 0.366 e. The minimum Gasteiger partial charge on any atom is -0.366 e. The SMILES string of the molecule is CS(=O)(=O)c1cccc(Nc2cccc(C(N)=O)c2)c1. The van der Waals surface area contributed by atoms with E-state index in [4.69, 9.17) is 5.73 Å². The van der Waals surface area contributed by atoms with Crippen LogP contribution in [-0.4, -0.2) is 20.6 Å². The van der Waals surface area contributed by atoms with E-state index < -0.39 is 15.7 Å². The standard InChI is InChI=1S/C14H14N2O3S/c1-20(18,19)13-7-3-6-12(9-13)16-11-5-2-4-10(8-11)14(15)17/h2-9,16H,1H3,(H2,15,17). The second kappa shape index (κ2) is 5.34. The Hall–Kier alpha value is -2.34. The quantitative estimate of drug-likeness (QED) is 0.900. The van der Waals surface area contributed by atoms with Gasteiger partial charge in [0.15, 0.2) is 9.84 Å². The molecule has 5 nitrogen and oxygen atoms in total. The van der Waals surface area contributed by atoms with Gasteiger partial charge in [-0.15, -0.1) is 0 Å². The zero-order valence-corrected chi connectivity index (χ0v) is 11.6. The smallest absolute Gasteiger partial charge is 0.248 e. The molecule has 0 fully saturated rings. The highest BCUT2D eigenvalue weighted by Gasteiger charge is 2.07. The number of carbonyl (C=O) groups excluding carboxylic acids is 1. The van der Waals surface area contributed by atoms with Crippen LogP contribution in [0.25, 0.3) is 0 Å². The minimum atomic E-state index is -3.25. The van der Waals surface area contributed by atoms with Crippen LogP contribution in [0.5, 0.6) is 0 Å². The van der Waals surface area contributed by atoms with E-state index in [2.05, 4.69) is 5.32 Å². The number of rotatable bonds is 4. The van der Waals surface area contributed by atoms with E-state index in [9.17, 15) is 13.2 Å². The highest BCUT2D eigenvalue weighted by atomic mass is 32.2. The van der Waals surface area contributed by atoms with Crippen LogP contribution in [0.4, 0.5) is 11.4 Å². The fourth-order valence-electron chi connectivity index (χ4n) is 1.72. The molecule has 0 aliphatic carbocycles. The molecule has 0 unspecified atom stereocenters. The van der Waals surface area contributed by atoms with Crippen molar-refractivity contribution in [3.63, 3.8) is 0 Å². The zero-order valence-electron chi connectivity index (χ0n) is 10.8. The first kappa shape index (κ1) is 14.1. The lowest BCUT2D eigenvalue weighted by Gasteiger charge is -2.08. The Labute approximate surface area is 117 Å². The van der Waals surface area contributed by atoms with Crippen LogP contribution in [0.1, 0.15) is 10.4 Å². The fourth-order valence-corrected chi connectivity index (χ4v) is 2.39. The van der Waals surface area contributed by atoms with Crippen molar-refractivity contribution in [1.82, 2.24) is 0 Å². The second-order valence-electron chi connectivity index (χ2n) is 4.37. The molecule has 2 aromatic rings. The van der Waals surface area contributed by atoms with E-state index in [1.165, 1.54) is 12.1 Å². The Kier molecular flexibility index (Phi) is 3.76. The van der Waals surface area contributed by atoms with Crippen LogP contribution in [0.3, 0.4) is 0 Å². The topological polar surface area (TPSA) is 89.3 Å². The van der Waals surface area contributed by atoms with Gasteiger partial charge in [0.05, 0.1) is 4.90 Å². The predicted octanol–water partition coefficient (Wildman–Crippen LogP) is 1.93. The van der Waals surface area contributed by atoms with E-state index in [1.807, 2.05) is 0 Å². The van der Waals surface area contributed by atoms with Gasteiger partial charge in [-0.05, 0) is 36.4 Å². The van der Waals surface area contributed by atoms with E-state index in [1.54, 1.807) is 36.4 Å². The summed E-state index contributed by atoms with van der Waals surface area (Å²) >= 11 is 0. The summed E-state index contributed by atoms with van der Waals surface area (Å²) in [6, 6.07) is 13.1. The maximum Gasteiger partial charge on any atom is 0.248 e. The number of sulfone groups is 1. The van der Waals surface area contributed by atoms with Crippen LogP contribution in [0.15, 0.2) is 53.4 Å². The molecule has 0 aliphatic heterocycles. The van der Waals surface area contributed by atoms with Gasteiger partial charge in [-0.25, -0.2) is 8.42 Å². The van der Waals surface area contributed by atoms with Crippen LogP contribution in [0, 0.1) is 0 Å². The number of hydrogen-bond acceptors (Lipinski definition) is 4. The Balaban J connectivity index is 2.31. The monoisotopic (exact) mass is 290 g/mol. The van der Waals surface area contributed by atoms with Crippen LogP contribution in [-0.2, 0) is 9.84 Å². The summed E-state index contributed by atoms with van der Waals surface area (Å²) in [5.41, 5.74) is 6.87. The number of nitrogens with two attached hydrogens (primary N) is 1. The third-order valence-corrected chi connectivity index (χ3v) is 3.81. The maximum atomic E-state index is 11.5. The Bertz CT molecular complexity index is 755. The minimum absolute atomic E-state index is 0.230. The Morgan fingerprint density at radius 2 is 1.65 bits per heavy atom. The van der Waals surface area contributed by atoms with Gasteiger partial charge in [0.25, 0.3) is 0 Å². The number of carbonyl (C=O) groups is 1.